The molecule has 4 heteroatoms. The lowest BCUT2D eigenvalue weighted by atomic mass is 9.58. The summed E-state index contributed by atoms with van der Waals surface area (Å²) in [5, 5.41) is 0.915. The number of ether oxygens (including phenoxy) is 1. The van der Waals surface area contributed by atoms with Crippen molar-refractivity contribution in [2.24, 2.45) is 11.8 Å². The minimum atomic E-state index is -0.191. The first-order valence-electron chi connectivity index (χ1n) is 11.6. The number of benzene rings is 2. The van der Waals surface area contributed by atoms with Crippen LogP contribution in [0.25, 0.3) is 10.9 Å². The fraction of sp³-hybridized carbons (Fsp3) is 0.444. The Kier molecular flexibility index (Phi) is 4.53. The molecule has 1 aromatic heterocycles. The summed E-state index contributed by atoms with van der Waals surface area (Å²) < 4.78 is 19.4. The van der Waals surface area contributed by atoms with E-state index >= 15 is 0 Å². The molecule has 160 valence electrons. The Hall–Kier alpha value is -2.46. The van der Waals surface area contributed by atoms with Gasteiger partial charge in [-0.25, -0.2) is 4.39 Å². The number of rotatable bonds is 4. The fourth-order valence-corrected chi connectivity index (χ4v) is 6.00. The Bertz CT molecular complexity index is 1140. The molecule has 0 N–H and O–H groups in total. The molecule has 2 atom stereocenters. The summed E-state index contributed by atoms with van der Waals surface area (Å²) in [7, 11) is 1.75. The first kappa shape index (κ1) is 19.2. The van der Waals surface area contributed by atoms with Crippen LogP contribution in [-0.4, -0.2) is 36.6 Å². The van der Waals surface area contributed by atoms with Gasteiger partial charge in [-0.05, 0) is 91.6 Å². The van der Waals surface area contributed by atoms with E-state index in [9.17, 15) is 4.39 Å². The van der Waals surface area contributed by atoms with Gasteiger partial charge in [-0.3, -0.25) is 4.98 Å². The van der Waals surface area contributed by atoms with Gasteiger partial charge in [0.25, 0.3) is 0 Å². The summed E-state index contributed by atoms with van der Waals surface area (Å²) in [5.41, 5.74) is 4.85. The smallest absolute Gasteiger partial charge is 0.123 e. The Balaban J connectivity index is 1.43. The number of pyridine rings is 1. The van der Waals surface area contributed by atoms with Crippen LogP contribution in [0.2, 0.25) is 0 Å². The van der Waals surface area contributed by atoms with E-state index in [2.05, 4.69) is 29.2 Å². The Morgan fingerprint density at radius 1 is 1.16 bits per heavy atom. The number of fused-ring (bicyclic) bond motifs is 3. The van der Waals surface area contributed by atoms with Crippen LogP contribution in [0.1, 0.15) is 36.1 Å². The van der Waals surface area contributed by atoms with Gasteiger partial charge in [-0.2, -0.15) is 0 Å². The van der Waals surface area contributed by atoms with Gasteiger partial charge in [0.05, 0.1) is 12.6 Å². The largest absolute Gasteiger partial charge is 0.497 e. The zero-order valence-electron chi connectivity index (χ0n) is 18.1. The standard InChI is InChI=1S/C27H29FN2O/c1-31-24-4-2-3-21(14-24)27-9-10-30(16-18-5-6-18)17-22(27)12-19-11-20-13-23(28)7-8-25(20)29-26(19)15-27/h2-4,7-8,11,13-14,18,22H,5-6,9-10,12,15-17H2,1H3/t22-,27-/m0/s1. The van der Waals surface area contributed by atoms with Gasteiger partial charge in [0.1, 0.15) is 11.6 Å². The molecule has 0 bridgehead atoms. The Labute approximate surface area is 183 Å². The minimum absolute atomic E-state index is 0.0856. The van der Waals surface area contributed by atoms with Crippen molar-refractivity contribution in [2.45, 2.75) is 37.5 Å². The van der Waals surface area contributed by atoms with Crippen molar-refractivity contribution in [3.05, 3.63) is 71.2 Å². The minimum Gasteiger partial charge on any atom is -0.497 e. The van der Waals surface area contributed by atoms with Crippen molar-refractivity contribution in [1.29, 1.82) is 0 Å². The number of halogens is 1. The van der Waals surface area contributed by atoms with Crippen LogP contribution in [0.4, 0.5) is 4.39 Å². The van der Waals surface area contributed by atoms with E-state index < -0.39 is 0 Å². The number of likely N-dealkylation sites (tertiary alicyclic amines) is 1. The molecule has 3 aliphatic rings. The van der Waals surface area contributed by atoms with Crippen LogP contribution in [0.3, 0.4) is 0 Å². The molecule has 2 fully saturated rings. The molecule has 2 aromatic carbocycles. The average molecular weight is 417 g/mol. The van der Waals surface area contributed by atoms with E-state index in [0.717, 1.165) is 54.9 Å². The maximum absolute atomic E-state index is 13.8. The second-order valence-electron chi connectivity index (χ2n) is 9.85. The van der Waals surface area contributed by atoms with E-state index in [-0.39, 0.29) is 11.2 Å². The molecule has 3 nitrogen and oxygen atoms in total. The molecule has 0 amide bonds. The molecule has 6 rings (SSSR count). The highest BCUT2D eigenvalue weighted by Crippen LogP contribution is 2.49. The Morgan fingerprint density at radius 2 is 2.06 bits per heavy atom. The van der Waals surface area contributed by atoms with Gasteiger partial charge >= 0.3 is 0 Å². The highest BCUT2D eigenvalue weighted by Gasteiger charge is 2.48. The molecular weight excluding hydrogens is 387 g/mol. The molecule has 0 spiro atoms. The molecule has 1 aliphatic heterocycles. The molecule has 0 radical (unpaired) electrons. The van der Waals surface area contributed by atoms with E-state index in [1.165, 1.54) is 42.3 Å². The van der Waals surface area contributed by atoms with Crippen molar-refractivity contribution in [1.82, 2.24) is 9.88 Å². The van der Waals surface area contributed by atoms with Crippen molar-refractivity contribution < 1.29 is 9.13 Å². The number of methoxy groups -OCH3 is 1. The van der Waals surface area contributed by atoms with Crippen LogP contribution in [0.15, 0.2) is 48.5 Å². The normalized spacial score (nSPS) is 25.8. The third kappa shape index (κ3) is 3.41. The monoisotopic (exact) mass is 416 g/mol. The lowest BCUT2D eigenvalue weighted by Crippen LogP contribution is -2.54. The SMILES string of the molecule is COc1cccc([C@@]23CCN(CC4CC4)C[C@@H]2Cc2cc4cc(F)ccc4nc2C3)c1. The maximum Gasteiger partial charge on any atom is 0.123 e. The third-order valence-electron chi connectivity index (χ3n) is 7.89. The molecule has 2 aliphatic carbocycles. The predicted octanol–water partition coefficient (Wildman–Crippen LogP) is 5.15. The van der Waals surface area contributed by atoms with E-state index in [4.69, 9.17) is 9.72 Å². The predicted molar refractivity (Wildman–Crippen MR) is 121 cm³/mol. The number of hydrogen-bond donors (Lipinski definition) is 0. The zero-order chi connectivity index (χ0) is 21.0. The Morgan fingerprint density at radius 3 is 2.90 bits per heavy atom. The third-order valence-corrected chi connectivity index (χ3v) is 7.89. The van der Waals surface area contributed by atoms with Crippen LogP contribution < -0.4 is 4.74 Å². The summed E-state index contributed by atoms with van der Waals surface area (Å²) in [4.78, 5) is 7.72. The quantitative estimate of drug-likeness (QED) is 0.588. The molecule has 2 heterocycles. The zero-order valence-corrected chi connectivity index (χ0v) is 18.1. The van der Waals surface area contributed by atoms with Gasteiger partial charge < -0.3 is 9.64 Å². The molecule has 1 saturated carbocycles. The number of nitrogens with zero attached hydrogens (tertiary/aromatic N) is 2. The van der Waals surface area contributed by atoms with Crippen molar-refractivity contribution in [3.63, 3.8) is 0 Å². The number of aromatic nitrogens is 1. The van der Waals surface area contributed by atoms with E-state index in [0.29, 0.717) is 5.92 Å². The molecule has 31 heavy (non-hydrogen) atoms. The van der Waals surface area contributed by atoms with Crippen molar-refractivity contribution >= 4 is 10.9 Å². The average Bonchev–Trinajstić information content (AvgIpc) is 3.60. The molecule has 3 aromatic rings. The summed E-state index contributed by atoms with van der Waals surface area (Å²) in [5.74, 6) is 2.18. The van der Waals surface area contributed by atoms with Crippen molar-refractivity contribution in [2.75, 3.05) is 26.7 Å². The van der Waals surface area contributed by atoms with Gasteiger partial charge in [-0.1, -0.05) is 12.1 Å². The second kappa shape index (κ2) is 7.30. The number of piperidine rings is 1. The van der Waals surface area contributed by atoms with Gasteiger partial charge in [0, 0.05) is 36.0 Å². The highest BCUT2D eigenvalue weighted by molar-refractivity contribution is 5.79. The second-order valence-corrected chi connectivity index (χ2v) is 9.85. The molecule has 0 unspecified atom stereocenters. The van der Waals surface area contributed by atoms with Gasteiger partial charge in [0.2, 0.25) is 0 Å². The van der Waals surface area contributed by atoms with E-state index in [1.54, 1.807) is 13.2 Å². The summed E-state index contributed by atoms with van der Waals surface area (Å²) in [6, 6.07) is 15.8. The maximum atomic E-state index is 13.8. The lowest BCUT2D eigenvalue weighted by molar-refractivity contribution is 0.0777. The van der Waals surface area contributed by atoms with Crippen LogP contribution in [0, 0.1) is 17.7 Å². The topological polar surface area (TPSA) is 25.4 Å². The summed E-state index contributed by atoms with van der Waals surface area (Å²) >= 11 is 0. The highest BCUT2D eigenvalue weighted by atomic mass is 19.1. The fourth-order valence-electron chi connectivity index (χ4n) is 6.00. The summed E-state index contributed by atoms with van der Waals surface area (Å²) in [6.07, 6.45) is 5.90. The van der Waals surface area contributed by atoms with E-state index in [1.807, 2.05) is 12.1 Å². The molecular formula is C27H29FN2O. The van der Waals surface area contributed by atoms with Crippen molar-refractivity contribution in [3.8, 4) is 5.75 Å². The van der Waals surface area contributed by atoms with Gasteiger partial charge in [-0.15, -0.1) is 0 Å². The van der Waals surface area contributed by atoms with Crippen LogP contribution in [-0.2, 0) is 18.3 Å². The summed E-state index contributed by atoms with van der Waals surface area (Å²) in [6.45, 7) is 3.53. The van der Waals surface area contributed by atoms with Crippen LogP contribution >= 0.6 is 0 Å². The van der Waals surface area contributed by atoms with Gasteiger partial charge in [0.15, 0.2) is 0 Å². The first-order chi connectivity index (χ1) is 15.1. The number of hydrogen-bond acceptors (Lipinski definition) is 3. The van der Waals surface area contributed by atoms with Crippen LogP contribution in [0.5, 0.6) is 5.75 Å². The lowest BCUT2D eigenvalue weighted by Gasteiger charge is -2.51. The molecule has 1 saturated heterocycles. The first-order valence-corrected chi connectivity index (χ1v) is 11.6.